The number of likely N-dealkylation sites (tertiary alicyclic amines) is 1. The molecule has 2 heterocycles. The second kappa shape index (κ2) is 9.22. The van der Waals surface area contributed by atoms with Crippen LogP contribution in [0.5, 0.6) is 0 Å². The molecule has 0 radical (unpaired) electrons. The predicted octanol–water partition coefficient (Wildman–Crippen LogP) is 4.17. The van der Waals surface area contributed by atoms with Gasteiger partial charge in [-0.15, -0.1) is 0 Å². The third-order valence-corrected chi connectivity index (χ3v) is 7.10. The van der Waals surface area contributed by atoms with E-state index >= 15 is 0 Å². The van der Waals surface area contributed by atoms with Crippen molar-refractivity contribution in [3.05, 3.63) is 64.7 Å². The van der Waals surface area contributed by atoms with Crippen LogP contribution in [-0.4, -0.2) is 55.0 Å². The number of hydrogen-bond acceptors (Lipinski definition) is 3. The van der Waals surface area contributed by atoms with E-state index in [-0.39, 0.29) is 5.92 Å². The number of benzene rings is 2. The predicted molar refractivity (Wildman–Crippen MR) is 124 cm³/mol. The lowest BCUT2D eigenvalue weighted by molar-refractivity contribution is -0.137. The molecule has 0 spiro atoms. The zero-order valence-electron chi connectivity index (χ0n) is 18.7. The Balaban J connectivity index is 1.27. The summed E-state index contributed by atoms with van der Waals surface area (Å²) in [4.78, 5) is 20.2. The standard InChI is InChI=1S/C26H35N3O/c1-20-8-6-10-25(22(20)3)28-15-17-29(18-16-28)26(30)23-11-13-27(14-12-23)19-24-9-5-4-7-21(24)2/h4-10,23H,11-19H2,1-3H3. The van der Waals surface area contributed by atoms with Crippen LogP contribution >= 0.6 is 0 Å². The monoisotopic (exact) mass is 405 g/mol. The number of carbonyl (C=O) groups excluding carboxylic acids is 1. The number of amides is 1. The van der Waals surface area contributed by atoms with Crippen LogP contribution in [0.1, 0.15) is 35.1 Å². The summed E-state index contributed by atoms with van der Waals surface area (Å²) in [6, 6.07) is 15.2. The number of aryl methyl sites for hydroxylation is 2. The van der Waals surface area contributed by atoms with Gasteiger partial charge in [0.2, 0.25) is 5.91 Å². The van der Waals surface area contributed by atoms with E-state index in [9.17, 15) is 4.79 Å². The Morgan fingerprint density at radius 1 is 0.833 bits per heavy atom. The van der Waals surface area contributed by atoms with Crippen LogP contribution in [0.25, 0.3) is 0 Å². The maximum Gasteiger partial charge on any atom is 0.225 e. The van der Waals surface area contributed by atoms with E-state index in [0.29, 0.717) is 5.91 Å². The first-order valence-electron chi connectivity index (χ1n) is 11.4. The van der Waals surface area contributed by atoms with Gasteiger partial charge in [0.25, 0.3) is 0 Å². The highest BCUT2D eigenvalue weighted by molar-refractivity contribution is 5.79. The van der Waals surface area contributed by atoms with E-state index in [1.165, 1.54) is 27.9 Å². The number of nitrogens with zero attached hydrogens (tertiary/aromatic N) is 3. The maximum atomic E-state index is 13.1. The summed E-state index contributed by atoms with van der Waals surface area (Å²) in [7, 11) is 0. The van der Waals surface area contributed by atoms with Gasteiger partial charge in [0.05, 0.1) is 0 Å². The lowest BCUT2D eigenvalue weighted by Crippen LogP contribution is -2.51. The van der Waals surface area contributed by atoms with Crippen molar-refractivity contribution in [3.63, 3.8) is 0 Å². The zero-order chi connectivity index (χ0) is 21.1. The van der Waals surface area contributed by atoms with Gasteiger partial charge in [0.1, 0.15) is 0 Å². The Kier molecular flexibility index (Phi) is 6.43. The molecule has 2 aliphatic rings. The summed E-state index contributed by atoms with van der Waals surface area (Å²) in [5, 5.41) is 0. The van der Waals surface area contributed by atoms with Crippen LogP contribution in [0.2, 0.25) is 0 Å². The van der Waals surface area contributed by atoms with Gasteiger partial charge >= 0.3 is 0 Å². The summed E-state index contributed by atoms with van der Waals surface area (Å²) in [5.74, 6) is 0.580. The van der Waals surface area contributed by atoms with Gasteiger partial charge in [0, 0.05) is 44.3 Å². The fourth-order valence-corrected chi connectivity index (χ4v) is 4.87. The van der Waals surface area contributed by atoms with E-state index in [2.05, 4.69) is 77.9 Å². The first kappa shape index (κ1) is 20.9. The topological polar surface area (TPSA) is 26.8 Å². The highest BCUT2D eigenvalue weighted by Gasteiger charge is 2.30. The fourth-order valence-electron chi connectivity index (χ4n) is 4.87. The minimum Gasteiger partial charge on any atom is -0.368 e. The number of piperidine rings is 1. The average molecular weight is 406 g/mol. The summed E-state index contributed by atoms with van der Waals surface area (Å²) < 4.78 is 0. The van der Waals surface area contributed by atoms with Gasteiger partial charge in [0.15, 0.2) is 0 Å². The molecule has 160 valence electrons. The molecular weight excluding hydrogens is 370 g/mol. The van der Waals surface area contributed by atoms with Crippen molar-refractivity contribution >= 4 is 11.6 Å². The SMILES string of the molecule is Cc1ccccc1CN1CCC(C(=O)N2CCN(c3cccc(C)c3C)CC2)CC1. The molecule has 30 heavy (non-hydrogen) atoms. The van der Waals surface area contributed by atoms with Crippen molar-refractivity contribution in [1.29, 1.82) is 0 Å². The molecule has 0 aliphatic carbocycles. The molecule has 4 heteroatoms. The smallest absolute Gasteiger partial charge is 0.225 e. The minimum atomic E-state index is 0.199. The van der Waals surface area contributed by atoms with Crippen LogP contribution in [0, 0.1) is 26.7 Å². The van der Waals surface area contributed by atoms with Crippen molar-refractivity contribution in [2.45, 2.75) is 40.2 Å². The Hall–Kier alpha value is -2.33. The molecule has 0 saturated carbocycles. The molecule has 4 nitrogen and oxygen atoms in total. The summed E-state index contributed by atoms with van der Waals surface area (Å²) in [6.45, 7) is 13.2. The van der Waals surface area contributed by atoms with Crippen molar-refractivity contribution < 1.29 is 4.79 Å². The third-order valence-electron chi connectivity index (χ3n) is 7.10. The molecule has 0 atom stereocenters. The van der Waals surface area contributed by atoms with Crippen LogP contribution < -0.4 is 4.90 Å². The second-order valence-corrected chi connectivity index (χ2v) is 9.01. The average Bonchev–Trinajstić information content (AvgIpc) is 2.77. The van der Waals surface area contributed by atoms with E-state index in [0.717, 1.165) is 58.7 Å². The Labute approximate surface area is 181 Å². The highest BCUT2D eigenvalue weighted by atomic mass is 16.2. The lowest BCUT2D eigenvalue weighted by Gasteiger charge is -2.40. The van der Waals surface area contributed by atoms with E-state index in [1.807, 2.05) is 0 Å². The molecule has 0 bridgehead atoms. The minimum absolute atomic E-state index is 0.199. The molecule has 0 aromatic heterocycles. The number of piperazine rings is 1. The van der Waals surface area contributed by atoms with E-state index in [1.54, 1.807) is 0 Å². The molecule has 2 aliphatic heterocycles. The summed E-state index contributed by atoms with van der Waals surface area (Å²) >= 11 is 0. The van der Waals surface area contributed by atoms with Crippen molar-refractivity contribution in [2.24, 2.45) is 5.92 Å². The van der Waals surface area contributed by atoms with E-state index in [4.69, 9.17) is 0 Å². The summed E-state index contributed by atoms with van der Waals surface area (Å²) in [5.41, 5.74) is 6.79. The third kappa shape index (κ3) is 4.54. The van der Waals surface area contributed by atoms with Crippen molar-refractivity contribution in [2.75, 3.05) is 44.2 Å². The number of rotatable bonds is 4. The number of hydrogen-bond donors (Lipinski definition) is 0. The van der Waals surface area contributed by atoms with Gasteiger partial charge in [-0.25, -0.2) is 0 Å². The van der Waals surface area contributed by atoms with E-state index < -0.39 is 0 Å². The van der Waals surface area contributed by atoms with Gasteiger partial charge in [-0.05, 0) is 75.0 Å². The van der Waals surface area contributed by atoms with Crippen LogP contribution in [0.4, 0.5) is 5.69 Å². The van der Waals surface area contributed by atoms with Crippen molar-refractivity contribution in [1.82, 2.24) is 9.80 Å². The lowest BCUT2D eigenvalue weighted by atomic mass is 9.94. The second-order valence-electron chi connectivity index (χ2n) is 9.01. The molecule has 2 fully saturated rings. The molecule has 1 amide bonds. The molecule has 2 aromatic carbocycles. The normalized spacial score (nSPS) is 18.6. The van der Waals surface area contributed by atoms with Crippen LogP contribution in [0.15, 0.2) is 42.5 Å². The Bertz CT molecular complexity index is 878. The van der Waals surface area contributed by atoms with Crippen LogP contribution in [0.3, 0.4) is 0 Å². The first-order chi connectivity index (χ1) is 14.5. The molecule has 4 rings (SSSR count). The molecule has 2 aromatic rings. The largest absolute Gasteiger partial charge is 0.368 e. The summed E-state index contributed by atoms with van der Waals surface area (Å²) in [6.07, 6.45) is 1.98. The zero-order valence-corrected chi connectivity index (χ0v) is 18.7. The molecule has 0 unspecified atom stereocenters. The molecule has 2 saturated heterocycles. The highest BCUT2D eigenvalue weighted by Crippen LogP contribution is 2.26. The number of anilines is 1. The molecule has 0 N–H and O–H groups in total. The van der Waals surface area contributed by atoms with Gasteiger partial charge in [-0.3, -0.25) is 9.69 Å². The van der Waals surface area contributed by atoms with Gasteiger partial charge in [-0.1, -0.05) is 36.4 Å². The quantitative estimate of drug-likeness (QED) is 0.764. The molecular formula is C26H35N3O. The van der Waals surface area contributed by atoms with Gasteiger partial charge in [-0.2, -0.15) is 0 Å². The first-order valence-corrected chi connectivity index (χ1v) is 11.4. The Morgan fingerprint density at radius 2 is 1.50 bits per heavy atom. The maximum absolute atomic E-state index is 13.1. The Morgan fingerprint density at radius 3 is 2.20 bits per heavy atom. The van der Waals surface area contributed by atoms with Gasteiger partial charge < -0.3 is 9.80 Å². The number of carbonyl (C=O) groups is 1. The fraction of sp³-hybridized carbons (Fsp3) is 0.500. The van der Waals surface area contributed by atoms with Crippen LogP contribution in [-0.2, 0) is 11.3 Å². The van der Waals surface area contributed by atoms with Crippen molar-refractivity contribution in [3.8, 4) is 0 Å².